The molecule has 2 aromatic rings. The number of amides is 1. The largest absolute Gasteiger partial charge is 0.349 e. The monoisotopic (exact) mass is 320 g/mol. The molecule has 0 saturated heterocycles. The number of carbonyl (C=O) groups is 1. The Morgan fingerprint density at radius 3 is 2.89 bits per heavy atom. The third kappa shape index (κ3) is 3.32. The van der Waals surface area contributed by atoms with Gasteiger partial charge in [0.1, 0.15) is 0 Å². The summed E-state index contributed by atoms with van der Waals surface area (Å²) in [5.74, 6) is -0.0444. The minimum atomic E-state index is -0.0444. The summed E-state index contributed by atoms with van der Waals surface area (Å²) in [4.78, 5) is 16.6. The van der Waals surface area contributed by atoms with Gasteiger partial charge in [-0.3, -0.25) is 9.78 Å². The van der Waals surface area contributed by atoms with E-state index in [1.807, 2.05) is 30.3 Å². The van der Waals surface area contributed by atoms with Crippen LogP contribution < -0.4 is 5.32 Å². The van der Waals surface area contributed by atoms with Gasteiger partial charge < -0.3 is 5.32 Å². The first-order chi connectivity index (χ1) is 9.26. The van der Waals surface area contributed by atoms with Crippen molar-refractivity contribution >= 4 is 32.7 Å². The highest BCUT2D eigenvalue weighted by Gasteiger charge is 2.14. The molecule has 0 spiro atoms. The fraction of sp³-hybridized carbons (Fsp3) is 0.333. The summed E-state index contributed by atoms with van der Waals surface area (Å²) in [6.07, 6.45) is 3.57. The summed E-state index contributed by atoms with van der Waals surface area (Å²) in [6, 6.07) is 9.73. The molecular weight excluding hydrogens is 304 g/mol. The maximum atomic E-state index is 12.3. The van der Waals surface area contributed by atoms with Gasteiger partial charge in [0.2, 0.25) is 0 Å². The molecule has 1 amide bonds. The Bertz CT molecular complexity index is 566. The average molecular weight is 321 g/mol. The second kappa shape index (κ2) is 6.66. The van der Waals surface area contributed by atoms with Crippen LogP contribution in [0, 0.1) is 0 Å². The molecule has 19 heavy (non-hydrogen) atoms. The molecular formula is C15H17BrN2O. The fourth-order valence-corrected chi connectivity index (χ4v) is 2.61. The van der Waals surface area contributed by atoms with Crippen LogP contribution in [0.25, 0.3) is 10.9 Å². The molecule has 0 bridgehead atoms. The number of fused-ring (bicyclic) bond motifs is 1. The van der Waals surface area contributed by atoms with Gasteiger partial charge in [-0.05, 0) is 25.0 Å². The number of hydrogen-bond donors (Lipinski definition) is 1. The van der Waals surface area contributed by atoms with E-state index >= 15 is 0 Å². The van der Waals surface area contributed by atoms with Gasteiger partial charge in [-0.25, -0.2) is 0 Å². The van der Waals surface area contributed by atoms with Crippen LogP contribution in [-0.4, -0.2) is 22.3 Å². The quantitative estimate of drug-likeness (QED) is 0.856. The maximum Gasteiger partial charge on any atom is 0.253 e. The smallest absolute Gasteiger partial charge is 0.253 e. The molecule has 1 atom stereocenters. The van der Waals surface area contributed by atoms with E-state index in [1.165, 1.54) is 0 Å². The molecule has 4 heteroatoms. The molecule has 2 rings (SSSR count). The summed E-state index contributed by atoms with van der Waals surface area (Å²) in [5, 5.41) is 4.95. The number of carbonyl (C=O) groups excluding carboxylic acids is 1. The fourth-order valence-electron chi connectivity index (χ4n) is 2.06. The third-order valence-corrected chi connectivity index (χ3v) is 3.62. The zero-order chi connectivity index (χ0) is 13.7. The molecule has 0 fully saturated rings. The van der Waals surface area contributed by atoms with E-state index in [9.17, 15) is 4.79 Å². The minimum Gasteiger partial charge on any atom is -0.349 e. The van der Waals surface area contributed by atoms with Gasteiger partial charge in [-0.15, -0.1) is 0 Å². The summed E-state index contributed by atoms with van der Waals surface area (Å²) in [7, 11) is 0. The number of rotatable bonds is 5. The lowest BCUT2D eigenvalue weighted by Gasteiger charge is -2.16. The van der Waals surface area contributed by atoms with Crippen molar-refractivity contribution in [3.8, 4) is 0 Å². The lowest BCUT2D eigenvalue weighted by Crippen LogP contribution is -2.34. The second-order valence-corrected chi connectivity index (χ2v) is 5.23. The van der Waals surface area contributed by atoms with E-state index in [2.05, 4.69) is 33.2 Å². The Morgan fingerprint density at radius 1 is 1.37 bits per heavy atom. The van der Waals surface area contributed by atoms with Crippen molar-refractivity contribution < 1.29 is 4.79 Å². The van der Waals surface area contributed by atoms with Crippen LogP contribution in [0.15, 0.2) is 36.5 Å². The Morgan fingerprint density at radius 2 is 2.16 bits per heavy atom. The van der Waals surface area contributed by atoms with E-state index in [0.717, 1.165) is 29.1 Å². The second-order valence-electron chi connectivity index (χ2n) is 4.44. The predicted octanol–water partition coefficient (Wildman–Crippen LogP) is 3.53. The van der Waals surface area contributed by atoms with Crippen LogP contribution in [0.5, 0.6) is 0 Å². The highest BCUT2D eigenvalue weighted by Crippen LogP contribution is 2.16. The SMILES string of the molecule is CCC(CCBr)NC(=O)c1cccc2cccnc12. The van der Waals surface area contributed by atoms with E-state index in [-0.39, 0.29) is 11.9 Å². The number of halogens is 1. The van der Waals surface area contributed by atoms with Crippen molar-refractivity contribution in [2.24, 2.45) is 0 Å². The van der Waals surface area contributed by atoms with Crippen molar-refractivity contribution in [2.75, 3.05) is 5.33 Å². The molecule has 1 N–H and O–H groups in total. The Balaban J connectivity index is 2.26. The van der Waals surface area contributed by atoms with Gasteiger partial charge >= 0.3 is 0 Å². The summed E-state index contributed by atoms with van der Waals surface area (Å²) in [6.45, 7) is 2.08. The lowest BCUT2D eigenvalue weighted by molar-refractivity contribution is 0.0936. The standard InChI is InChI=1S/C15H17BrN2O/c1-2-12(8-9-16)18-15(19)13-7-3-5-11-6-4-10-17-14(11)13/h3-7,10,12H,2,8-9H2,1H3,(H,18,19). The maximum absolute atomic E-state index is 12.3. The summed E-state index contributed by atoms with van der Waals surface area (Å²) >= 11 is 3.41. The first kappa shape index (κ1) is 14.0. The van der Waals surface area contributed by atoms with Crippen LogP contribution in [0.3, 0.4) is 0 Å². The van der Waals surface area contributed by atoms with Crippen LogP contribution in [0.1, 0.15) is 30.1 Å². The minimum absolute atomic E-state index is 0.0444. The molecule has 0 aliphatic rings. The molecule has 0 radical (unpaired) electrons. The van der Waals surface area contributed by atoms with E-state index in [1.54, 1.807) is 6.20 Å². The van der Waals surface area contributed by atoms with Crippen molar-refractivity contribution in [2.45, 2.75) is 25.8 Å². The predicted molar refractivity (Wildman–Crippen MR) is 81.7 cm³/mol. The Kier molecular flexibility index (Phi) is 4.91. The number of alkyl halides is 1. The highest BCUT2D eigenvalue weighted by molar-refractivity contribution is 9.09. The Labute approximate surface area is 121 Å². The van der Waals surface area contributed by atoms with E-state index in [4.69, 9.17) is 0 Å². The molecule has 3 nitrogen and oxygen atoms in total. The Hall–Kier alpha value is -1.42. The zero-order valence-corrected chi connectivity index (χ0v) is 12.5. The first-order valence-electron chi connectivity index (χ1n) is 6.46. The van der Waals surface area contributed by atoms with Gasteiger partial charge in [-0.2, -0.15) is 0 Å². The average Bonchev–Trinajstić information content (AvgIpc) is 2.46. The molecule has 1 aromatic carbocycles. The number of nitrogens with zero attached hydrogens (tertiary/aromatic N) is 1. The van der Waals surface area contributed by atoms with Crippen LogP contribution in [0.2, 0.25) is 0 Å². The molecule has 1 unspecified atom stereocenters. The molecule has 0 aliphatic carbocycles. The van der Waals surface area contributed by atoms with Gasteiger partial charge in [-0.1, -0.05) is 41.1 Å². The lowest BCUT2D eigenvalue weighted by atomic mass is 10.1. The summed E-state index contributed by atoms with van der Waals surface area (Å²) in [5.41, 5.74) is 1.40. The topological polar surface area (TPSA) is 42.0 Å². The molecule has 0 saturated carbocycles. The number of pyridine rings is 1. The van der Waals surface area contributed by atoms with Gasteiger partial charge in [0, 0.05) is 23.0 Å². The van der Waals surface area contributed by atoms with Crippen LogP contribution >= 0.6 is 15.9 Å². The molecule has 100 valence electrons. The van der Waals surface area contributed by atoms with E-state index in [0.29, 0.717) is 5.56 Å². The summed E-state index contributed by atoms with van der Waals surface area (Å²) < 4.78 is 0. The molecule has 1 heterocycles. The number of hydrogen-bond acceptors (Lipinski definition) is 2. The highest BCUT2D eigenvalue weighted by atomic mass is 79.9. The van der Waals surface area contributed by atoms with Crippen molar-refractivity contribution in [1.29, 1.82) is 0 Å². The number of benzene rings is 1. The van der Waals surface area contributed by atoms with Gasteiger partial charge in [0.15, 0.2) is 0 Å². The molecule has 1 aromatic heterocycles. The van der Waals surface area contributed by atoms with Crippen LogP contribution in [0.4, 0.5) is 0 Å². The van der Waals surface area contributed by atoms with Crippen LogP contribution in [-0.2, 0) is 0 Å². The number of aromatic nitrogens is 1. The molecule has 0 aliphatic heterocycles. The normalized spacial score (nSPS) is 12.3. The number of nitrogens with one attached hydrogen (secondary N) is 1. The van der Waals surface area contributed by atoms with Crippen molar-refractivity contribution in [1.82, 2.24) is 10.3 Å². The third-order valence-electron chi connectivity index (χ3n) is 3.16. The van der Waals surface area contributed by atoms with Gasteiger partial charge in [0.25, 0.3) is 5.91 Å². The van der Waals surface area contributed by atoms with E-state index < -0.39 is 0 Å². The number of para-hydroxylation sites is 1. The van der Waals surface area contributed by atoms with Crippen molar-refractivity contribution in [3.63, 3.8) is 0 Å². The first-order valence-corrected chi connectivity index (χ1v) is 7.59. The van der Waals surface area contributed by atoms with Crippen molar-refractivity contribution in [3.05, 3.63) is 42.1 Å². The van der Waals surface area contributed by atoms with Gasteiger partial charge in [0.05, 0.1) is 11.1 Å². The zero-order valence-electron chi connectivity index (χ0n) is 10.9.